The molecule has 17 heavy (non-hydrogen) atoms. The smallest absolute Gasteiger partial charge is 0.0600 e. The topological polar surface area (TPSA) is 16.1 Å². The van der Waals surface area contributed by atoms with Crippen LogP contribution < -0.4 is 4.90 Å². The van der Waals surface area contributed by atoms with Crippen molar-refractivity contribution in [2.24, 2.45) is 0 Å². The molecule has 0 aliphatic carbocycles. The van der Waals surface area contributed by atoms with Crippen molar-refractivity contribution in [1.29, 1.82) is 0 Å². The largest absolute Gasteiger partial charge is 0.369 e. The Morgan fingerprint density at radius 2 is 1.65 bits per heavy atom. The van der Waals surface area contributed by atoms with Gasteiger partial charge in [-0.05, 0) is 30.7 Å². The summed E-state index contributed by atoms with van der Waals surface area (Å²) >= 11 is 0. The summed E-state index contributed by atoms with van der Waals surface area (Å²) < 4.78 is 0. The molecule has 0 saturated heterocycles. The lowest BCUT2D eigenvalue weighted by molar-refractivity contribution is 0.864. The highest BCUT2D eigenvalue weighted by Gasteiger charge is 2.02. The van der Waals surface area contributed by atoms with Crippen LogP contribution in [0.1, 0.15) is 18.3 Å². The molecule has 0 aliphatic heterocycles. The van der Waals surface area contributed by atoms with Crippen LogP contribution in [0.3, 0.4) is 0 Å². The van der Waals surface area contributed by atoms with E-state index in [4.69, 9.17) is 0 Å². The molecule has 0 saturated carbocycles. The first kappa shape index (κ1) is 11.6. The van der Waals surface area contributed by atoms with E-state index in [1.807, 2.05) is 6.07 Å². The van der Waals surface area contributed by atoms with Gasteiger partial charge in [-0.2, -0.15) is 0 Å². The molecule has 0 atom stereocenters. The van der Waals surface area contributed by atoms with Gasteiger partial charge in [0.25, 0.3) is 0 Å². The first-order valence-corrected chi connectivity index (χ1v) is 6.00. The van der Waals surface area contributed by atoms with E-state index in [1.54, 1.807) is 0 Å². The molecule has 0 aliphatic rings. The lowest BCUT2D eigenvalue weighted by Gasteiger charge is -2.18. The van der Waals surface area contributed by atoms with Crippen LogP contribution >= 0.6 is 0 Å². The zero-order valence-corrected chi connectivity index (χ0v) is 10.4. The molecule has 1 aromatic carbocycles. The van der Waals surface area contributed by atoms with Crippen molar-refractivity contribution in [2.75, 3.05) is 11.9 Å². The molecule has 2 aromatic rings. The highest BCUT2D eigenvalue weighted by Crippen LogP contribution is 2.13. The third-order valence-corrected chi connectivity index (χ3v) is 2.82. The highest BCUT2D eigenvalue weighted by molar-refractivity contribution is 5.45. The number of nitrogens with zero attached hydrogens (tertiary/aromatic N) is 2. The normalized spacial score (nSPS) is 10.2. The molecular weight excluding hydrogens is 208 g/mol. The standard InChI is InChI=1S/C15H18N2/c1-3-13-8-7-9-14(16-13)12-17(2)15-10-5-4-6-11-15/h4-11H,3,12H2,1-2H3. The first-order chi connectivity index (χ1) is 8.29. The fourth-order valence-electron chi connectivity index (χ4n) is 1.83. The zero-order chi connectivity index (χ0) is 12.1. The Kier molecular flexibility index (Phi) is 3.76. The van der Waals surface area contributed by atoms with E-state index >= 15 is 0 Å². The van der Waals surface area contributed by atoms with Crippen molar-refractivity contribution in [3.8, 4) is 0 Å². The van der Waals surface area contributed by atoms with Crippen LogP contribution in [0.5, 0.6) is 0 Å². The minimum Gasteiger partial charge on any atom is -0.369 e. The predicted molar refractivity (Wildman–Crippen MR) is 72.2 cm³/mol. The quantitative estimate of drug-likeness (QED) is 0.795. The molecule has 2 rings (SSSR count). The molecule has 88 valence electrons. The van der Waals surface area contributed by atoms with Crippen molar-refractivity contribution < 1.29 is 0 Å². The monoisotopic (exact) mass is 226 g/mol. The minimum absolute atomic E-state index is 0.845. The summed E-state index contributed by atoms with van der Waals surface area (Å²) in [6, 6.07) is 16.6. The first-order valence-electron chi connectivity index (χ1n) is 6.00. The molecule has 0 spiro atoms. The van der Waals surface area contributed by atoms with E-state index in [1.165, 1.54) is 5.69 Å². The van der Waals surface area contributed by atoms with Crippen molar-refractivity contribution in [1.82, 2.24) is 4.98 Å². The molecule has 1 aromatic heterocycles. The molecule has 0 fully saturated rings. The van der Waals surface area contributed by atoms with Crippen molar-refractivity contribution in [3.05, 3.63) is 59.9 Å². The van der Waals surface area contributed by atoms with Crippen molar-refractivity contribution in [2.45, 2.75) is 19.9 Å². The Morgan fingerprint density at radius 3 is 2.35 bits per heavy atom. The summed E-state index contributed by atoms with van der Waals surface area (Å²) in [7, 11) is 2.09. The summed E-state index contributed by atoms with van der Waals surface area (Å²) in [5.41, 5.74) is 3.50. The van der Waals surface area contributed by atoms with Gasteiger partial charge in [0.05, 0.1) is 12.2 Å². The van der Waals surface area contributed by atoms with Gasteiger partial charge in [0, 0.05) is 18.4 Å². The summed E-state index contributed by atoms with van der Waals surface area (Å²) in [5, 5.41) is 0. The lowest BCUT2D eigenvalue weighted by atomic mass is 10.2. The maximum Gasteiger partial charge on any atom is 0.0600 e. The second-order valence-corrected chi connectivity index (χ2v) is 4.17. The molecule has 0 unspecified atom stereocenters. The van der Waals surface area contributed by atoms with Crippen LogP contribution in [-0.4, -0.2) is 12.0 Å². The summed E-state index contributed by atoms with van der Waals surface area (Å²) in [5.74, 6) is 0. The molecule has 0 radical (unpaired) electrons. The van der Waals surface area contributed by atoms with E-state index in [2.05, 4.69) is 66.3 Å². The second-order valence-electron chi connectivity index (χ2n) is 4.17. The van der Waals surface area contributed by atoms with Gasteiger partial charge in [0.15, 0.2) is 0 Å². The Morgan fingerprint density at radius 1 is 0.941 bits per heavy atom. The molecule has 2 heteroatoms. The average molecular weight is 226 g/mol. The van der Waals surface area contributed by atoms with Crippen LogP contribution in [0.4, 0.5) is 5.69 Å². The molecule has 2 nitrogen and oxygen atoms in total. The fraction of sp³-hybridized carbons (Fsp3) is 0.267. The Hall–Kier alpha value is -1.83. The molecule has 1 heterocycles. The van der Waals surface area contributed by atoms with E-state index in [0.29, 0.717) is 0 Å². The predicted octanol–water partition coefficient (Wildman–Crippen LogP) is 3.28. The summed E-state index contributed by atoms with van der Waals surface area (Å²) in [6.07, 6.45) is 0.989. The number of hydrogen-bond acceptors (Lipinski definition) is 2. The number of benzene rings is 1. The van der Waals surface area contributed by atoms with E-state index in [0.717, 1.165) is 24.4 Å². The fourth-order valence-corrected chi connectivity index (χ4v) is 1.83. The van der Waals surface area contributed by atoms with Gasteiger partial charge in [-0.15, -0.1) is 0 Å². The second kappa shape index (κ2) is 5.48. The van der Waals surface area contributed by atoms with Gasteiger partial charge in [0.1, 0.15) is 0 Å². The third kappa shape index (κ3) is 3.06. The number of aryl methyl sites for hydroxylation is 1. The lowest BCUT2D eigenvalue weighted by Crippen LogP contribution is -2.17. The Balaban J connectivity index is 2.10. The van der Waals surface area contributed by atoms with E-state index in [-0.39, 0.29) is 0 Å². The van der Waals surface area contributed by atoms with E-state index < -0.39 is 0 Å². The minimum atomic E-state index is 0.845. The van der Waals surface area contributed by atoms with Gasteiger partial charge < -0.3 is 4.90 Å². The SMILES string of the molecule is CCc1cccc(CN(C)c2ccccc2)n1. The van der Waals surface area contributed by atoms with Crippen molar-refractivity contribution >= 4 is 5.69 Å². The number of rotatable bonds is 4. The van der Waals surface area contributed by atoms with Crippen LogP contribution in [0.2, 0.25) is 0 Å². The van der Waals surface area contributed by atoms with Gasteiger partial charge in [-0.3, -0.25) is 4.98 Å². The number of para-hydroxylation sites is 1. The zero-order valence-electron chi connectivity index (χ0n) is 10.4. The van der Waals surface area contributed by atoms with Gasteiger partial charge in [0.2, 0.25) is 0 Å². The number of hydrogen-bond donors (Lipinski definition) is 0. The summed E-state index contributed by atoms with van der Waals surface area (Å²) in [6.45, 7) is 2.98. The van der Waals surface area contributed by atoms with E-state index in [9.17, 15) is 0 Å². The Bertz CT molecular complexity index is 465. The van der Waals surface area contributed by atoms with Gasteiger partial charge in [-0.25, -0.2) is 0 Å². The maximum atomic E-state index is 4.62. The van der Waals surface area contributed by atoms with Gasteiger partial charge in [-0.1, -0.05) is 31.2 Å². The van der Waals surface area contributed by atoms with Crippen LogP contribution in [-0.2, 0) is 13.0 Å². The van der Waals surface area contributed by atoms with Crippen LogP contribution in [0.15, 0.2) is 48.5 Å². The highest BCUT2D eigenvalue weighted by atomic mass is 15.1. The van der Waals surface area contributed by atoms with Crippen LogP contribution in [0, 0.1) is 0 Å². The number of anilines is 1. The molecule has 0 N–H and O–H groups in total. The third-order valence-electron chi connectivity index (χ3n) is 2.82. The molecule has 0 bridgehead atoms. The maximum absolute atomic E-state index is 4.62. The van der Waals surface area contributed by atoms with Crippen molar-refractivity contribution in [3.63, 3.8) is 0 Å². The summed E-state index contributed by atoms with van der Waals surface area (Å²) in [4.78, 5) is 6.83. The van der Waals surface area contributed by atoms with Gasteiger partial charge >= 0.3 is 0 Å². The average Bonchev–Trinajstić information content (AvgIpc) is 2.40. The van der Waals surface area contributed by atoms with Crippen LogP contribution in [0.25, 0.3) is 0 Å². The number of pyridine rings is 1. The Labute approximate surface area is 103 Å². The molecular formula is C15H18N2. The molecule has 0 amide bonds. The number of aromatic nitrogens is 1.